The van der Waals surface area contributed by atoms with Crippen LogP contribution in [0.2, 0.25) is 0 Å². The molecule has 10 heteroatoms. The van der Waals surface area contributed by atoms with Crippen LogP contribution >= 0.6 is 0 Å². The molecular formula is C35H42N4O6. The number of fused-ring (bicyclic) bond motifs is 8. The number of carboxylic acids is 2. The van der Waals surface area contributed by atoms with Gasteiger partial charge in [-0.2, -0.15) is 0 Å². The third-order valence-electron chi connectivity index (χ3n) is 9.15. The van der Waals surface area contributed by atoms with E-state index in [0.717, 1.165) is 88.7 Å². The number of carboxylic acid groups (broad SMARTS) is 2. The Labute approximate surface area is 260 Å². The van der Waals surface area contributed by atoms with Crippen LogP contribution < -0.4 is 21.4 Å². The van der Waals surface area contributed by atoms with E-state index in [-0.39, 0.29) is 18.9 Å². The quantitative estimate of drug-likeness (QED) is 0.135. The zero-order chi connectivity index (χ0) is 32.7. The number of aliphatic hydroxyl groups is 1. The normalized spacial score (nSPS) is 13.8. The number of aromatic nitrogens is 4. The number of H-pyrrole nitrogens is 4. The largest absolute Gasteiger partial charge is 0.481 e. The summed E-state index contributed by atoms with van der Waals surface area (Å²) in [5, 5.41) is 33.1. The Hall–Kier alpha value is -4.54. The third kappa shape index (κ3) is 6.08. The molecule has 0 amide bonds. The Balaban J connectivity index is 1.94. The van der Waals surface area contributed by atoms with Crippen LogP contribution in [0.3, 0.4) is 0 Å². The lowest BCUT2D eigenvalue weighted by Crippen LogP contribution is -2.14. The molecule has 0 aliphatic carbocycles. The van der Waals surface area contributed by atoms with Gasteiger partial charge < -0.3 is 40.0 Å². The summed E-state index contributed by atoms with van der Waals surface area (Å²) in [6.45, 7) is 11.7. The lowest BCUT2D eigenvalue weighted by molar-refractivity contribution is -0.138. The maximum absolute atomic E-state index is 11.6. The van der Waals surface area contributed by atoms with Crippen molar-refractivity contribution in [3.05, 3.63) is 88.7 Å². The standard InChI is InChI=1S/C35H42N4O6/c1-16-22(8-10-32(41)42)28-15-29-23(9-11-33(43)44)17(2)25(37-29)13-31-35(21(6)45-7)19(4)27(39-31)14-30-34(20(5)40)18(3)26(38-30)12-24(16)36-28/h12-15,20-21,36-40H,8-11H2,1-7H3,(H,41,42)(H,43,44)/t20-,21+/m0/s1. The van der Waals surface area contributed by atoms with E-state index in [1.807, 2.05) is 58.9 Å². The summed E-state index contributed by atoms with van der Waals surface area (Å²) in [6, 6.07) is 0. The molecule has 5 heterocycles. The summed E-state index contributed by atoms with van der Waals surface area (Å²) in [5.41, 5.74) is 10.6. The number of methoxy groups -OCH3 is 1. The van der Waals surface area contributed by atoms with Crippen LogP contribution in [0.4, 0.5) is 0 Å². The van der Waals surface area contributed by atoms with Crippen molar-refractivity contribution in [2.24, 2.45) is 0 Å². The molecule has 0 fully saturated rings. The van der Waals surface area contributed by atoms with Gasteiger partial charge in [0, 0.05) is 75.3 Å². The summed E-state index contributed by atoms with van der Waals surface area (Å²) in [7, 11) is 1.67. The van der Waals surface area contributed by atoms with Crippen LogP contribution in [0.15, 0.2) is 0 Å². The summed E-state index contributed by atoms with van der Waals surface area (Å²) >= 11 is 0. The molecule has 7 N–H and O–H groups in total. The van der Waals surface area contributed by atoms with Crippen molar-refractivity contribution < 1.29 is 29.6 Å². The maximum Gasteiger partial charge on any atom is 0.303 e. The average Bonchev–Trinajstić information content (AvgIpc) is 3.63. The lowest BCUT2D eigenvalue weighted by Gasteiger charge is -2.11. The van der Waals surface area contributed by atoms with Crippen molar-refractivity contribution in [3.8, 4) is 0 Å². The molecule has 0 aromatic carbocycles. The number of aromatic amines is 4. The second kappa shape index (κ2) is 12.5. The molecule has 4 aromatic rings. The Morgan fingerprint density at radius 3 is 1.78 bits per heavy atom. The molecule has 45 heavy (non-hydrogen) atoms. The van der Waals surface area contributed by atoms with Crippen molar-refractivity contribution in [2.75, 3.05) is 7.11 Å². The first-order chi connectivity index (χ1) is 21.3. The first kappa shape index (κ1) is 31.9. The molecule has 1 aliphatic heterocycles. The van der Waals surface area contributed by atoms with Crippen molar-refractivity contribution in [3.63, 3.8) is 0 Å². The first-order valence-electron chi connectivity index (χ1n) is 15.2. The zero-order valence-electron chi connectivity index (χ0n) is 26.9. The molecule has 0 radical (unpaired) electrons. The second-order valence-electron chi connectivity index (χ2n) is 12.0. The van der Waals surface area contributed by atoms with Crippen LogP contribution in [0.25, 0.3) is 24.3 Å². The van der Waals surface area contributed by atoms with Crippen molar-refractivity contribution in [1.82, 2.24) is 19.9 Å². The fraction of sp³-hybridized carbons (Fsp3) is 0.371. The van der Waals surface area contributed by atoms with Gasteiger partial charge in [-0.25, -0.2) is 0 Å². The van der Waals surface area contributed by atoms with Crippen molar-refractivity contribution >= 4 is 36.2 Å². The van der Waals surface area contributed by atoms with Crippen LogP contribution in [0, 0.1) is 27.7 Å². The predicted molar refractivity (Wildman–Crippen MR) is 173 cm³/mol. The van der Waals surface area contributed by atoms with E-state index < -0.39 is 18.0 Å². The SMILES string of the molecule is CO[C@H](C)c1c2[nH]c(c1C)C=c1[nH]c(c(C)c1[C@H](C)O)=Cc1[nH]c(c(CCC(=O)O)c1C)C=c1[nH]c(c(C)c1CCC(=O)O)=C2. The van der Waals surface area contributed by atoms with Crippen LogP contribution in [0.5, 0.6) is 0 Å². The Bertz CT molecular complexity index is 2050. The van der Waals surface area contributed by atoms with Gasteiger partial charge in [-0.1, -0.05) is 0 Å². The minimum atomic E-state index is -0.885. The van der Waals surface area contributed by atoms with E-state index in [4.69, 9.17) is 4.74 Å². The summed E-state index contributed by atoms with van der Waals surface area (Å²) in [6.07, 6.45) is 7.66. The van der Waals surface area contributed by atoms with E-state index in [2.05, 4.69) is 19.9 Å². The topological polar surface area (TPSA) is 167 Å². The Morgan fingerprint density at radius 1 is 0.644 bits per heavy atom. The van der Waals surface area contributed by atoms with E-state index in [1.54, 1.807) is 14.0 Å². The van der Waals surface area contributed by atoms with Gasteiger partial charge in [-0.3, -0.25) is 9.59 Å². The van der Waals surface area contributed by atoms with Crippen molar-refractivity contribution in [2.45, 2.75) is 79.4 Å². The van der Waals surface area contributed by atoms with Gasteiger partial charge in [0.05, 0.1) is 12.2 Å². The smallest absolute Gasteiger partial charge is 0.303 e. The predicted octanol–water partition coefficient (Wildman–Crippen LogP) is 2.66. The molecule has 10 nitrogen and oxygen atoms in total. The minimum Gasteiger partial charge on any atom is -0.481 e. The number of rotatable bonds is 9. The van der Waals surface area contributed by atoms with E-state index in [0.29, 0.717) is 12.8 Å². The minimum absolute atomic E-state index is 0.0276. The highest BCUT2D eigenvalue weighted by Crippen LogP contribution is 2.29. The van der Waals surface area contributed by atoms with Crippen LogP contribution in [-0.4, -0.2) is 54.3 Å². The third-order valence-corrected chi connectivity index (χ3v) is 9.15. The summed E-state index contributed by atoms with van der Waals surface area (Å²) in [5.74, 6) is -1.77. The number of hydrogen-bond acceptors (Lipinski definition) is 4. The van der Waals surface area contributed by atoms with Gasteiger partial charge in [0.2, 0.25) is 0 Å². The molecular weight excluding hydrogens is 572 g/mol. The van der Waals surface area contributed by atoms with Gasteiger partial charge in [0.15, 0.2) is 0 Å². The van der Waals surface area contributed by atoms with Crippen LogP contribution in [-0.2, 0) is 27.2 Å². The van der Waals surface area contributed by atoms with Gasteiger partial charge in [-0.05, 0) is 112 Å². The molecule has 1 aliphatic rings. The number of ether oxygens (including phenoxy) is 1. The molecule has 0 saturated heterocycles. The van der Waals surface area contributed by atoms with Gasteiger partial charge in [0.25, 0.3) is 0 Å². The number of aliphatic hydroxyl groups excluding tert-OH is 1. The summed E-state index contributed by atoms with van der Waals surface area (Å²) < 4.78 is 5.78. The Kier molecular flexibility index (Phi) is 8.82. The molecule has 0 unspecified atom stereocenters. The fourth-order valence-corrected chi connectivity index (χ4v) is 6.58. The van der Waals surface area contributed by atoms with Gasteiger partial charge in [0.1, 0.15) is 0 Å². The molecule has 0 saturated carbocycles. The monoisotopic (exact) mass is 614 g/mol. The molecule has 8 bridgehead atoms. The second-order valence-corrected chi connectivity index (χ2v) is 12.0. The Morgan fingerprint density at radius 2 is 1.16 bits per heavy atom. The van der Waals surface area contributed by atoms with Crippen LogP contribution in [0.1, 0.15) is 106 Å². The highest BCUT2D eigenvalue weighted by molar-refractivity contribution is 5.70. The maximum atomic E-state index is 11.6. The summed E-state index contributed by atoms with van der Waals surface area (Å²) in [4.78, 5) is 37.4. The number of hydrogen-bond donors (Lipinski definition) is 7. The van der Waals surface area contributed by atoms with Gasteiger partial charge >= 0.3 is 11.9 Å². The van der Waals surface area contributed by atoms with E-state index in [9.17, 15) is 24.9 Å². The lowest BCUT2D eigenvalue weighted by atomic mass is 10.0. The molecule has 2 atom stereocenters. The average molecular weight is 615 g/mol. The highest BCUT2D eigenvalue weighted by Gasteiger charge is 2.21. The number of nitrogens with one attached hydrogen (secondary N) is 4. The first-order valence-corrected chi connectivity index (χ1v) is 15.2. The highest BCUT2D eigenvalue weighted by atomic mass is 16.5. The number of aliphatic carboxylic acids is 2. The molecule has 0 spiro atoms. The molecule has 238 valence electrons. The van der Waals surface area contributed by atoms with Crippen molar-refractivity contribution in [1.29, 1.82) is 0 Å². The molecule has 4 aromatic heterocycles. The fourth-order valence-electron chi connectivity index (χ4n) is 6.58. The molecule has 5 rings (SSSR count). The van der Waals surface area contributed by atoms with E-state index >= 15 is 0 Å². The number of carbonyl (C=O) groups is 2. The zero-order valence-corrected chi connectivity index (χ0v) is 26.9. The van der Waals surface area contributed by atoms with Gasteiger partial charge in [-0.15, -0.1) is 0 Å². The van der Waals surface area contributed by atoms with E-state index in [1.165, 1.54) is 0 Å².